The van der Waals surface area contributed by atoms with Crippen molar-refractivity contribution in [2.24, 2.45) is 11.8 Å². The molecule has 2 aromatic heterocycles. The molecule has 4 heterocycles. The Balaban J connectivity index is 1.36. The second-order valence-electron chi connectivity index (χ2n) is 10.6. The third-order valence-electron chi connectivity index (χ3n) is 7.41. The standard InChI is InChI=1S/C29H39N5O2S/c1-4-36-28(33-14-8-9-15-33)22-12-16-34(17-13-22)29-30-19-23-25(21-10-6-5-7-11-21)27(37-26(23)32-29)31-24(35)18-20(2)3/h5-7,10-11,19-20,22,28H,4,8-9,12-18H2,1-3H3,(H,31,35). The minimum Gasteiger partial charge on any atom is -0.363 e. The predicted molar refractivity (Wildman–Crippen MR) is 152 cm³/mol. The Morgan fingerprint density at radius 1 is 1.14 bits per heavy atom. The molecule has 2 fully saturated rings. The van der Waals surface area contributed by atoms with Crippen molar-refractivity contribution < 1.29 is 9.53 Å². The molecule has 1 N–H and O–H groups in total. The highest BCUT2D eigenvalue weighted by molar-refractivity contribution is 7.23. The number of hydrogen-bond donors (Lipinski definition) is 1. The molecule has 0 radical (unpaired) electrons. The second-order valence-corrected chi connectivity index (χ2v) is 11.6. The number of hydrogen-bond acceptors (Lipinski definition) is 7. The number of anilines is 2. The Morgan fingerprint density at radius 2 is 1.86 bits per heavy atom. The average Bonchev–Trinajstić information content (AvgIpc) is 3.55. The van der Waals surface area contributed by atoms with Crippen molar-refractivity contribution >= 4 is 38.4 Å². The van der Waals surface area contributed by atoms with Crippen LogP contribution in [0.2, 0.25) is 0 Å². The van der Waals surface area contributed by atoms with Gasteiger partial charge in [0.1, 0.15) is 16.1 Å². The predicted octanol–water partition coefficient (Wildman–Crippen LogP) is 6.02. The van der Waals surface area contributed by atoms with E-state index in [1.807, 2.05) is 24.4 Å². The molecular formula is C29H39N5O2S. The quantitative estimate of drug-likeness (QED) is 0.371. The lowest BCUT2D eigenvalue weighted by atomic mass is 9.94. The number of aromatic nitrogens is 2. The lowest BCUT2D eigenvalue weighted by Crippen LogP contribution is -2.46. The Hall–Kier alpha value is -2.55. The van der Waals surface area contributed by atoms with Crippen LogP contribution in [0.5, 0.6) is 0 Å². The molecule has 2 aliphatic rings. The molecule has 0 bridgehead atoms. The van der Waals surface area contributed by atoms with E-state index in [9.17, 15) is 4.79 Å². The van der Waals surface area contributed by atoms with Crippen LogP contribution < -0.4 is 10.2 Å². The highest BCUT2D eigenvalue weighted by atomic mass is 32.1. The number of piperidine rings is 1. The molecule has 3 aromatic rings. The number of rotatable bonds is 9. The van der Waals surface area contributed by atoms with E-state index < -0.39 is 0 Å². The number of carbonyl (C=O) groups excluding carboxylic acids is 1. The maximum absolute atomic E-state index is 12.7. The van der Waals surface area contributed by atoms with Crippen LogP contribution in [-0.4, -0.2) is 59.8 Å². The van der Waals surface area contributed by atoms with E-state index in [-0.39, 0.29) is 12.1 Å². The molecule has 1 amide bonds. The van der Waals surface area contributed by atoms with Gasteiger partial charge in [-0.2, -0.15) is 0 Å². The van der Waals surface area contributed by atoms with Crippen molar-refractivity contribution in [3.63, 3.8) is 0 Å². The van der Waals surface area contributed by atoms with Crippen molar-refractivity contribution in [3.05, 3.63) is 36.5 Å². The van der Waals surface area contributed by atoms with E-state index in [0.717, 1.165) is 77.9 Å². The van der Waals surface area contributed by atoms with Gasteiger partial charge in [0, 0.05) is 62.3 Å². The molecule has 2 aliphatic heterocycles. The number of thiophene rings is 1. The maximum atomic E-state index is 12.7. The van der Waals surface area contributed by atoms with Crippen molar-refractivity contribution in [2.45, 2.75) is 59.1 Å². The summed E-state index contributed by atoms with van der Waals surface area (Å²) < 4.78 is 6.22. The summed E-state index contributed by atoms with van der Waals surface area (Å²) in [6, 6.07) is 10.2. The number of benzene rings is 1. The van der Waals surface area contributed by atoms with E-state index in [1.165, 1.54) is 12.8 Å². The Bertz CT molecular complexity index is 1180. The molecule has 1 atom stereocenters. The van der Waals surface area contributed by atoms with E-state index in [2.05, 4.69) is 48.0 Å². The van der Waals surface area contributed by atoms with Gasteiger partial charge >= 0.3 is 0 Å². The summed E-state index contributed by atoms with van der Waals surface area (Å²) in [6.07, 6.45) is 7.39. The summed E-state index contributed by atoms with van der Waals surface area (Å²) in [4.78, 5) is 28.2. The van der Waals surface area contributed by atoms with Crippen LogP contribution in [0.25, 0.3) is 21.3 Å². The smallest absolute Gasteiger partial charge is 0.226 e. The van der Waals surface area contributed by atoms with E-state index in [0.29, 0.717) is 18.3 Å². The first-order valence-corrected chi connectivity index (χ1v) is 14.6. The first kappa shape index (κ1) is 26.1. The number of nitrogens with zero attached hydrogens (tertiary/aromatic N) is 4. The van der Waals surface area contributed by atoms with E-state index in [4.69, 9.17) is 14.7 Å². The highest BCUT2D eigenvalue weighted by Crippen LogP contribution is 2.42. The second kappa shape index (κ2) is 11.9. The lowest BCUT2D eigenvalue weighted by Gasteiger charge is -2.39. The summed E-state index contributed by atoms with van der Waals surface area (Å²) in [7, 11) is 0. The normalized spacial score (nSPS) is 18.1. The minimum absolute atomic E-state index is 0.0378. The zero-order valence-corrected chi connectivity index (χ0v) is 23.1. The number of likely N-dealkylation sites (tertiary alicyclic amines) is 1. The average molecular weight is 522 g/mol. The SMILES string of the molecule is CCOC(C1CCN(c2ncc3c(-c4ccccc4)c(NC(=O)CC(C)C)sc3n2)CC1)N1CCCC1. The number of ether oxygens (including phenoxy) is 1. The van der Waals surface area contributed by atoms with Gasteiger partial charge in [0.2, 0.25) is 11.9 Å². The number of nitrogens with one attached hydrogen (secondary N) is 1. The third kappa shape index (κ3) is 5.97. The topological polar surface area (TPSA) is 70.6 Å². The molecule has 8 heteroatoms. The molecule has 0 aliphatic carbocycles. The summed E-state index contributed by atoms with van der Waals surface area (Å²) in [5, 5.41) is 5.00. The maximum Gasteiger partial charge on any atom is 0.226 e. The van der Waals surface area contributed by atoms with Gasteiger partial charge in [-0.25, -0.2) is 9.97 Å². The van der Waals surface area contributed by atoms with Crippen LogP contribution >= 0.6 is 11.3 Å². The number of carbonyl (C=O) groups is 1. The third-order valence-corrected chi connectivity index (χ3v) is 8.42. The van der Waals surface area contributed by atoms with Gasteiger partial charge in [0.25, 0.3) is 0 Å². The monoisotopic (exact) mass is 521 g/mol. The van der Waals surface area contributed by atoms with Gasteiger partial charge in [-0.1, -0.05) is 55.5 Å². The molecule has 0 saturated carbocycles. The summed E-state index contributed by atoms with van der Waals surface area (Å²) in [6.45, 7) is 11.2. The Kier molecular flexibility index (Phi) is 8.37. The molecular weight excluding hydrogens is 482 g/mol. The number of fused-ring (bicyclic) bond motifs is 1. The minimum atomic E-state index is 0.0378. The van der Waals surface area contributed by atoms with Crippen molar-refractivity contribution in [1.82, 2.24) is 14.9 Å². The van der Waals surface area contributed by atoms with Crippen molar-refractivity contribution in [2.75, 3.05) is 43.0 Å². The van der Waals surface area contributed by atoms with Gasteiger partial charge in [-0.05, 0) is 44.1 Å². The Morgan fingerprint density at radius 3 is 2.54 bits per heavy atom. The molecule has 7 nitrogen and oxygen atoms in total. The zero-order chi connectivity index (χ0) is 25.8. The molecule has 2 saturated heterocycles. The van der Waals surface area contributed by atoms with Crippen LogP contribution in [0.15, 0.2) is 36.5 Å². The van der Waals surface area contributed by atoms with E-state index >= 15 is 0 Å². The fourth-order valence-corrected chi connectivity index (χ4v) is 6.73. The first-order chi connectivity index (χ1) is 18.0. The molecule has 5 rings (SSSR count). The fraction of sp³-hybridized carbons (Fsp3) is 0.552. The van der Waals surface area contributed by atoms with Gasteiger partial charge in [0.15, 0.2) is 0 Å². The molecule has 198 valence electrons. The van der Waals surface area contributed by atoms with Gasteiger partial charge in [-0.3, -0.25) is 9.69 Å². The van der Waals surface area contributed by atoms with Gasteiger partial charge < -0.3 is 15.0 Å². The lowest BCUT2D eigenvalue weighted by molar-refractivity contribution is -0.116. The molecule has 37 heavy (non-hydrogen) atoms. The molecule has 0 spiro atoms. The van der Waals surface area contributed by atoms with Crippen LogP contribution in [0.1, 0.15) is 52.9 Å². The molecule has 1 aromatic carbocycles. The summed E-state index contributed by atoms with van der Waals surface area (Å²) >= 11 is 1.54. The number of amides is 1. The summed E-state index contributed by atoms with van der Waals surface area (Å²) in [5.74, 6) is 1.67. The van der Waals surface area contributed by atoms with Crippen LogP contribution in [0.4, 0.5) is 10.9 Å². The van der Waals surface area contributed by atoms with Crippen LogP contribution in [0, 0.1) is 11.8 Å². The highest BCUT2D eigenvalue weighted by Gasteiger charge is 2.33. The summed E-state index contributed by atoms with van der Waals surface area (Å²) in [5.41, 5.74) is 2.07. The zero-order valence-electron chi connectivity index (χ0n) is 22.3. The van der Waals surface area contributed by atoms with Crippen molar-refractivity contribution in [3.8, 4) is 11.1 Å². The van der Waals surface area contributed by atoms with Gasteiger partial charge in [-0.15, -0.1) is 0 Å². The molecule has 1 unspecified atom stereocenters. The van der Waals surface area contributed by atoms with Crippen LogP contribution in [0.3, 0.4) is 0 Å². The first-order valence-electron chi connectivity index (χ1n) is 13.8. The largest absolute Gasteiger partial charge is 0.363 e. The fourth-order valence-electron chi connectivity index (χ4n) is 5.65. The Labute approximate surface area is 224 Å². The van der Waals surface area contributed by atoms with Crippen molar-refractivity contribution in [1.29, 1.82) is 0 Å². The van der Waals surface area contributed by atoms with Crippen LogP contribution in [-0.2, 0) is 9.53 Å². The van der Waals surface area contributed by atoms with Gasteiger partial charge in [0.05, 0.1) is 0 Å². The van der Waals surface area contributed by atoms with E-state index in [1.54, 1.807) is 11.3 Å².